The molecule has 2 heterocycles. The summed E-state index contributed by atoms with van der Waals surface area (Å²) in [6.07, 6.45) is 1.22. The van der Waals surface area contributed by atoms with E-state index in [0.29, 0.717) is 6.04 Å². The van der Waals surface area contributed by atoms with Gasteiger partial charge in [0.05, 0.1) is 0 Å². The third-order valence-electron chi connectivity index (χ3n) is 4.05. The average molecular weight is 217 g/mol. The Morgan fingerprint density at radius 3 is 2.88 bits per heavy atom. The first-order valence-electron chi connectivity index (χ1n) is 6.05. The van der Waals surface area contributed by atoms with Gasteiger partial charge in [-0.2, -0.15) is 0 Å². The van der Waals surface area contributed by atoms with Crippen molar-refractivity contribution in [1.82, 2.24) is 10.2 Å². The molecule has 16 heavy (non-hydrogen) atoms. The van der Waals surface area contributed by atoms with Gasteiger partial charge in [0, 0.05) is 37.8 Å². The molecule has 2 aliphatic heterocycles. The normalized spacial score (nSPS) is 33.4. The Bertz CT molecular complexity index is 365. The zero-order valence-corrected chi connectivity index (χ0v) is 9.52. The number of benzene rings is 1. The largest absolute Gasteiger partial charge is 0.329 e. The minimum Gasteiger partial charge on any atom is -0.329 e. The molecule has 0 aromatic heterocycles. The maximum absolute atomic E-state index is 5.97. The lowest BCUT2D eigenvalue weighted by atomic mass is 9.98. The second-order valence-electron chi connectivity index (χ2n) is 5.08. The predicted octanol–water partition coefficient (Wildman–Crippen LogP) is 0.562. The molecule has 0 aliphatic carbocycles. The monoisotopic (exact) mass is 217 g/mol. The van der Waals surface area contributed by atoms with Gasteiger partial charge in [-0.3, -0.25) is 4.90 Å². The van der Waals surface area contributed by atoms with Crippen LogP contribution < -0.4 is 11.1 Å². The Morgan fingerprint density at radius 2 is 2.19 bits per heavy atom. The molecule has 2 aliphatic rings. The van der Waals surface area contributed by atoms with Gasteiger partial charge < -0.3 is 11.1 Å². The number of likely N-dealkylation sites (tertiary alicyclic amines) is 1. The van der Waals surface area contributed by atoms with E-state index in [4.69, 9.17) is 5.73 Å². The van der Waals surface area contributed by atoms with Crippen LogP contribution in [0.4, 0.5) is 0 Å². The highest BCUT2D eigenvalue weighted by Crippen LogP contribution is 2.34. The first kappa shape index (κ1) is 10.3. The van der Waals surface area contributed by atoms with E-state index >= 15 is 0 Å². The minimum atomic E-state index is 0.223. The van der Waals surface area contributed by atoms with E-state index < -0.39 is 0 Å². The third kappa shape index (κ3) is 1.56. The number of nitrogens with zero attached hydrogens (tertiary/aromatic N) is 1. The fourth-order valence-electron chi connectivity index (χ4n) is 3.09. The molecule has 0 saturated carbocycles. The lowest BCUT2D eigenvalue weighted by molar-refractivity contribution is 0.126. The van der Waals surface area contributed by atoms with Gasteiger partial charge >= 0.3 is 0 Å². The molecule has 3 nitrogen and oxygen atoms in total. The Hall–Kier alpha value is -0.900. The quantitative estimate of drug-likeness (QED) is 0.777. The Labute approximate surface area is 96.6 Å². The number of nitrogens with one attached hydrogen (secondary N) is 1. The Balaban J connectivity index is 1.77. The summed E-state index contributed by atoms with van der Waals surface area (Å²) in [6, 6.07) is 11.3. The van der Waals surface area contributed by atoms with E-state index in [1.807, 2.05) is 0 Å². The van der Waals surface area contributed by atoms with Crippen molar-refractivity contribution in [2.75, 3.05) is 19.6 Å². The summed E-state index contributed by atoms with van der Waals surface area (Å²) in [5, 5.41) is 3.54. The third-order valence-corrected chi connectivity index (χ3v) is 4.05. The topological polar surface area (TPSA) is 41.3 Å². The number of piperazine rings is 1. The Kier molecular flexibility index (Phi) is 2.46. The molecule has 3 heteroatoms. The molecule has 2 saturated heterocycles. The van der Waals surface area contributed by atoms with Crippen LogP contribution in [0.1, 0.15) is 12.0 Å². The maximum Gasteiger partial charge on any atom is 0.0475 e. The van der Waals surface area contributed by atoms with Gasteiger partial charge in [-0.25, -0.2) is 0 Å². The molecular weight excluding hydrogens is 198 g/mol. The first-order valence-corrected chi connectivity index (χ1v) is 6.05. The summed E-state index contributed by atoms with van der Waals surface area (Å²) in [4.78, 5) is 2.56. The van der Waals surface area contributed by atoms with Crippen molar-refractivity contribution in [3.63, 3.8) is 0 Å². The minimum absolute atomic E-state index is 0.223. The number of nitrogens with two attached hydrogens (primary N) is 1. The van der Waals surface area contributed by atoms with Crippen molar-refractivity contribution in [2.45, 2.75) is 24.5 Å². The molecule has 2 fully saturated rings. The molecule has 2 atom stereocenters. The van der Waals surface area contributed by atoms with Crippen molar-refractivity contribution in [3.8, 4) is 0 Å². The van der Waals surface area contributed by atoms with Gasteiger partial charge in [0.25, 0.3) is 0 Å². The molecule has 2 bridgehead atoms. The van der Waals surface area contributed by atoms with E-state index in [1.54, 1.807) is 0 Å². The SMILES string of the molecule is NC[C@]12CN[C@H](CN1Cc1ccccc1)C2. The molecule has 3 N–H and O–H groups in total. The lowest BCUT2D eigenvalue weighted by Gasteiger charge is -2.38. The van der Waals surface area contributed by atoms with Crippen LogP contribution in [0.2, 0.25) is 0 Å². The molecule has 1 aromatic carbocycles. The summed E-state index contributed by atoms with van der Waals surface area (Å²) in [5.41, 5.74) is 7.58. The van der Waals surface area contributed by atoms with Crippen LogP contribution in [0, 0.1) is 0 Å². The van der Waals surface area contributed by atoms with Crippen LogP contribution in [0.5, 0.6) is 0 Å². The van der Waals surface area contributed by atoms with Crippen LogP contribution in [0.15, 0.2) is 30.3 Å². The van der Waals surface area contributed by atoms with Gasteiger partial charge in [-0.15, -0.1) is 0 Å². The molecular formula is C13H19N3. The smallest absolute Gasteiger partial charge is 0.0475 e. The molecule has 86 valence electrons. The highest BCUT2D eigenvalue weighted by molar-refractivity contribution is 5.18. The zero-order valence-electron chi connectivity index (χ0n) is 9.52. The van der Waals surface area contributed by atoms with Crippen LogP contribution in [-0.4, -0.2) is 36.1 Å². The number of hydrogen-bond donors (Lipinski definition) is 2. The number of hydrogen-bond acceptors (Lipinski definition) is 3. The Morgan fingerprint density at radius 1 is 1.38 bits per heavy atom. The maximum atomic E-state index is 5.97. The molecule has 1 aromatic rings. The zero-order chi connectivity index (χ0) is 11.0. The van der Waals surface area contributed by atoms with Gasteiger partial charge in [0.15, 0.2) is 0 Å². The second kappa shape index (κ2) is 3.84. The molecule has 0 spiro atoms. The second-order valence-corrected chi connectivity index (χ2v) is 5.08. The van der Waals surface area contributed by atoms with E-state index in [0.717, 1.165) is 26.2 Å². The molecule has 0 radical (unpaired) electrons. The first-order chi connectivity index (χ1) is 7.82. The van der Waals surface area contributed by atoms with Crippen molar-refractivity contribution in [1.29, 1.82) is 0 Å². The summed E-state index contributed by atoms with van der Waals surface area (Å²) in [5.74, 6) is 0. The molecule has 0 amide bonds. The van der Waals surface area contributed by atoms with Crippen LogP contribution in [0.25, 0.3) is 0 Å². The van der Waals surface area contributed by atoms with Crippen LogP contribution in [0.3, 0.4) is 0 Å². The van der Waals surface area contributed by atoms with E-state index in [1.165, 1.54) is 12.0 Å². The van der Waals surface area contributed by atoms with Crippen LogP contribution >= 0.6 is 0 Å². The van der Waals surface area contributed by atoms with Crippen molar-refractivity contribution < 1.29 is 0 Å². The van der Waals surface area contributed by atoms with E-state index in [9.17, 15) is 0 Å². The van der Waals surface area contributed by atoms with E-state index in [-0.39, 0.29) is 5.54 Å². The highest BCUT2D eigenvalue weighted by atomic mass is 15.3. The molecule has 0 unspecified atom stereocenters. The van der Waals surface area contributed by atoms with Crippen molar-refractivity contribution in [3.05, 3.63) is 35.9 Å². The number of fused-ring (bicyclic) bond motifs is 2. The van der Waals surface area contributed by atoms with Crippen molar-refractivity contribution >= 4 is 0 Å². The predicted molar refractivity (Wildman–Crippen MR) is 65.0 cm³/mol. The summed E-state index contributed by atoms with van der Waals surface area (Å²) in [6.45, 7) is 4.01. The summed E-state index contributed by atoms with van der Waals surface area (Å²) < 4.78 is 0. The van der Waals surface area contributed by atoms with Crippen molar-refractivity contribution in [2.24, 2.45) is 5.73 Å². The summed E-state index contributed by atoms with van der Waals surface area (Å²) >= 11 is 0. The average Bonchev–Trinajstić information content (AvgIpc) is 2.88. The van der Waals surface area contributed by atoms with Gasteiger partial charge in [-0.05, 0) is 12.0 Å². The molecule has 3 rings (SSSR count). The number of rotatable bonds is 3. The fraction of sp³-hybridized carbons (Fsp3) is 0.538. The van der Waals surface area contributed by atoms with Gasteiger partial charge in [0.1, 0.15) is 0 Å². The fourth-order valence-corrected chi connectivity index (χ4v) is 3.09. The lowest BCUT2D eigenvalue weighted by Crippen LogP contribution is -2.56. The standard InChI is InChI=1S/C13H19N3/c14-9-13-6-12(15-10-13)8-16(13)7-11-4-2-1-3-5-11/h1-5,12,15H,6-10,14H2/t12-,13+/m0/s1. The van der Waals surface area contributed by atoms with Gasteiger partial charge in [0.2, 0.25) is 0 Å². The van der Waals surface area contributed by atoms with Crippen LogP contribution in [-0.2, 0) is 6.54 Å². The van der Waals surface area contributed by atoms with E-state index in [2.05, 4.69) is 40.5 Å². The van der Waals surface area contributed by atoms with Gasteiger partial charge in [-0.1, -0.05) is 30.3 Å². The highest BCUT2D eigenvalue weighted by Gasteiger charge is 2.49. The summed E-state index contributed by atoms with van der Waals surface area (Å²) in [7, 11) is 0.